The number of hydrogen-bond donors (Lipinski definition) is 1. The number of amides is 1. The van der Waals surface area contributed by atoms with E-state index in [-0.39, 0.29) is 11.3 Å². The third-order valence-corrected chi connectivity index (χ3v) is 3.23. The lowest BCUT2D eigenvalue weighted by atomic mass is 10.2. The van der Waals surface area contributed by atoms with Crippen LogP contribution in [0.25, 0.3) is 0 Å². The largest absolute Gasteiger partial charge is 0.365 e. The van der Waals surface area contributed by atoms with Gasteiger partial charge in [-0.15, -0.1) is 0 Å². The van der Waals surface area contributed by atoms with Gasteiger partial charge in [0.1, 0.15) is 12.0 Å². The summed E-state index contributed by atoms with van der Waals surface area (Å²) in [6.07, 6.45) is 5.52. The van der Waals surface area contributed by atoms with Gasteiger partial charge in [0, 0.05) is 19.2 Å². The Morgan fingerprint density at radius 1 is 1.32 bits per heavy atom. The van der Waals surface area contributed by atoms with E-state index in [2.05, 4.69) is 4.98 Å². The van der Waals surface area contributed by atoms with Gasteiger partial charge in [-0.25, -0.2) is 4.98 Å². The molecule has 7 heteroatoms. The van der Waals surface area contributed by atoms with E-state index in [1.165, 1.54) is 12.3 Å². The van der Waals surface area contributed by atoms with Crippen molar-refractivity contribution in [3.05, 3.63) is 27.9 Å². The van der Waals surface area contributed by atoms with Crippen molar-refractivity contribution in [1.29, 1.82) is 0 Å². The van der Waals surface area contributed by atoms with Gasteiger partial charge < -0.3 is 10.6 Å². The number of nitro groups is 1. The molecular formula is C12H16N4O3. The molecule has 0 saturated carbocycles. The minimum atomic E-state index is -0.685. The molecule has 0 radical (unpaired) electrons. The minimum absolute atomic E-state index is 0.121. The normalized spacial score (nSPS) is 15.9. The molecule has 1 amide bonds. The highest BCUT2D eigenvalue weighted by Gasteiger charge is 2.21. The molecule has 1 aliphatic heterocycles. The molecule has 0 unspecified atom stereocenters. The van der Waals surface area contributed by atoms with Crippen LogP contribution in [0.1, 0.15) is 36.0 Å². The number of primary amides is 1. The fourth-order valence-electron chi connectivity index (χ4n) is 2.26. The van der Waals surface area contributed by atoms with Gasteiger partial charge in [-0.2, -0.15) is 0 Å². The highest BCUT2D eigenvalue weighted by Crippen LogP contribution is 2.24. The van der Waals surface area contributed by atoms with Crippen molar-refractivity contribution in [2.75, 3.05) is 18.0 Å². The van der Waals surface area contributed by atoms with Crippen molar-refractivity contribution in [2.45, 2.75) is 25.7 Å². The van der Waals surface area contributed by atoms with E-state index >= 15 is 0 Å². The van der Waals surface area contributed by atoms with Crippen LogP contribution in [0.15, 0.2) is 12.3 Å². The zero-order valence-corrected chi connectivity index (χ0v) is 10.5. The lowest BCUT2D eigenvalue weighted by Gasteiger charge is -2.22. The summed E-state index contributed by atoms with van der Waals surface area (Å²) in [5.74, 6) is -0.226. The first-order valence-electron chi connectivity index (χ1n) is 6.29. The Morgan fingerprint density at radius 3 is 2.47 bits per heavy atom. The maximum Gasteiger partial charge on any atom is 0.288 e. The van der Waals surface area contributed by atoms with Gasteiger partial charge in [0.2, 0.25) is 0 Å². The van der Waals surface area contributed by atoms with Gasteiger partial charge in [-0.3, -0.25) is 14.9 Å². The molecule has 1 aliphatic rings. The first-order valence-corrected chi connectivity index (χ1v) is 6.29. The van der Waals surface area contributed by atoms with Crippen LogP contribution in [0, 0.1) is 10.1 Å². The summed E-state index contributed by atoms with van der Waals surface area (Å²) in [7, 11) is 0. The monoisotopic (exact) mass is 264 g/mol. The van der Waals surface area contributed by atoms with Crippen molar-refractivity contribution < 1.29 is 9.72 Å². The molecule has 7 nitrogen and oxygen atoms in total. The topological polar surface area (TPSA) is 102 Å². The quantitative estimate of drug-likeness (QED) is 0.657. The van der Waals surface area contributed by atoms with Gasteiger partial charge >= 0.3 is 0 Å². The van der Waals surface area contributed by atoms with Gasteiger partial charge in [-0.05, 0) is 12.8 Å². The summed E-state index contributed by atoms with van der Waals surface area (Å²) in [5, 5.41) is 10.7. The van der Waals surface area contributed by atoms with E-state index in [1.54, 1.807) is 0 Å². The summed E-state index contributed by atoms with van der Waals surface area (Å²) in [6.45, 7) is 1.59. The second-order valence-corrected chi connectivity index (χ2v) is 4.59. The second kappa shape index (κ2) is 5.64. The van der Waals surface area contributed by atoms with Crippen molar-refractivity contribution in [3.63, 3.8) is 0 Å². The van der Waals surface area contributed by atoms with Gasteiger partial charge in [0.25, 0.3) is 11.6 Å². The average Bonchev–Trinajstić information content (AvgIpc) is 2.66. The number of aromatic nitrogens is 1. The Kier molecular flexibility index (Phi) is 3.94. The zero-order chi connectivity index (χ0) is 13.8. The number of carbonyl (C=O) groups is 1. The molecule has 1 fully saturated rings. The zero-order valence-electron chi connectivity index (χ0n) is 10.5. The third-order valence-electron chi connectivity index (χ3n) is 3.23. The first-order chi connectivity index (χ1) is 9.09. The van der Waals surface area contributed by atoms with Crippen LogP contribution in [-0.4, -0.2) is 28.9 Å². The van der Waals surface area contributed by atoms with Crippen LogP contribution in [0.5, 0.6) is 0 Å². The minimum Gasteiger partial charge on any atom is -0.365 e. The molecule has 2 N–H and O–H groups in total. The SMILES string of the molecule is NC(=O)c1cc([N+](=O)[O-])cnc1N1CCCCCC1. The average molecular weight is 264 g/mol. The molecule has 2 rings (SSSR count). The molecule has 0 aliphatic carbocycles. The van der Waals surface area contributed by atoms with Gasteiger partial charge in [0.15, 0.2) is 0 Å². The molecule has 1 aromatic rings. The smallest absolute Gasteiger partial charge is 0.288 e. The van der Waals surface area contributed by atoms with E-state index < -0.39 is 10.8 Å². The summed E-state index contributed by atoms with van der Waals surface area (Å²) in [5.41, 5.74) is 5.21. The molecule has 0 aromatic carbocycles. The van der Waals surface area contributed by atoms with Crippen molar-refractivity contribution in [1.82, 2.24) is 4.98 Å². The number of carbonyl (C=O) groups excluding carboxylic acids is 1. The van der Waals surface area contributed by atoms with Crippen LogP contribution in [0.2, 0.25) is 0 Å². The highest BCUT2D eigenvalue weighted by atomic mass is 16.6. The Bertz CT molecular complexity index is 496. The summed E-state index contributed by atoms with van der Waals surface area (Å²) in [4.78, 5) is 27.7. The number of hydrogen-bond acceptors (Lipinski definition) is 5. The lowest BCUT2D eigenvalue weighted by molar-refractivity contribution is -0.385. The fraction of sp³-hybridized carbons (Fsp3) is 0.500. The Labute approximate surface area is 110 Å². The molecule has 0 atom stereocenters. The summed E-state index contributed by atoms with van der Waals surface area (Å²) >= 11 is 0. The van der Waals surface area contributed by atoms with E-state index in [1.807, 2.05) is 4.90 Å². The predicted molar refractivity (Wildman–Crippen MR) is 70.1 cm³/mol. The molecule has 1 aromatic heterocycles. The van der Waals surface area contributed by atoms with Crippen molar-refractivity contribution in [2.24, 2.45) is 5.73 Å². The Balaban J connectivity index is 2.37. The van der Waals surface area contributed by atoms with E-state index in [0.717, 1.165) is 38.8 Å². The van der Waals surface area contributed by atoms with Crippen LogP contribution in [0.3, 0.4) is 0 Å². The number of pyridine rings is 1. The van der Waals surface area contributed by atoms with E-state index in [0.29, 0.717) is 5.82 Å². The summed E-state index contributed by atoms with van der Waals surface area (Å²) < 4.78 is 0. The van der Waals surface area contributed by atoms with E-state index in [9.17, 15) is 14.9 Å². The van der Waals surface area contributed by atoms with Crippen molar-refractivity contribution in [3.8, 4) is 0 Å². The molecule has 0 spiro atoms. The lowest BCUT2D eigenvalue weighted by Crippen LogP contribution is -2.28. The Morgan fingerprint density at radius 2 is 1.95 bits per heavy atom. The Hall–Kier alpha value is -2.18. The first kappa shape index (κ1) is 13.3. The van der Waals surface area contributed by atoms with Crippen molar-refractivity contribution >= 4 is 17.4 Å². The van der Waals surface area contributed by atoms with Crippen LogP contribution in [0.4, 0.5) is 11.5 Å². The van der Waals surface area contributed by atoms with Gasteiger partial charge in [0.05, 0.1) is 10.5 Å². The molecule has 102 valence electrons. The highest BCUT2D eigenvalue weighted by molar-refractivity contribution is 5.98. The fourth-order valence-corrected chi connectivity index (χ4v) is 2.26. The number of nitrogens with two attached hydrogens (primary N) is 1. The predicted octanol–water partition coefficient (Wildman–Crippen LogP) is 1.47. The molecule has 0 bridgehead atoms. The standard InChI is InChI=1S/C12H16N4O3/c13-11(17)10-7-9(16(18)19)8-14-12(10)15-5-3-1-2-4-6-15/h7-8H,1-6H2,(H2,13,17). The van der Waals surface area contributed by atoms with E-state index in [4.69, 9.17) is 5.73 Å². The molecule has 1 saturated heterocycles. The van der Waals surface area contributed by atoms with Crippen LogP contribution in [-0.2, 0) is 0 Å². The number of nitrogens with zero attached hydrogens (tertiary/aromatic N) is 3. The maximum absolute atomic E-state index is 11.5. The number of rotatable bonds is 3. The molecule has 19 heavy (non-hydrogen) atoms. The van der Waals surface area contributed by atoms with Crippen LogP contribution < -0.4 is 10.6 Å². The van der Waals surface area contributed by atoms with Gasteiger partial charge in [-0.1, -0.05) is 12.8 Å². The maximum atomic E-state index is 11.5. The van der Waals surface area contributed by atoms with Crippen LogP contribution >= 0.6 is 0 Å². The molecule has 2 heterocycles. The third kappa shape index (κ3) is 2.98. The summed E-state index contributed by atoms with van der Waals surface area (Å²) in [6, 6.07) is 1.20. The molecular weight excluding hydrogens is 248 g/mol. The second-order valence-electron chi connectivity index (χ2n) is 4.59. The number of anilines is 1.